The molecule has 2 aromatic rings. The molecule has 6 nitrogen and oxygen atoms in total. The first kappa shape index (κ1) is 18.8. The minimum absolute atomic E-state index is 0.0444. The number of hydrogen-bond acceptors (Lipinski definition) is 5. The Hall–Kier alpha value is -2.99. The van der Waals surface area contributed by atoms with Crippen LogP contribution in [0.5, 0.6) is 17.2 Å². The molecule has 1 N–H and O–H groups in total. The Morgan fingerprint density at radius 2 is 2.04 bits per heavy atom. The molecule has 27 heavy (non-hydrogen) atoms. The molecule has 0 fully saturated rings. The van der Waals surface area contributed by atoms with Crippen molar-refractivity contribution in [2.45, 2.75) is 6.04 Å². The van der Waals surface area contributed by atoms with Crippen LogP contribution in [0, 0.1) is 0 Å². The molecule has 0 spiro atoms. The molecule has 0 saturated carbocycles. The van der Waals surface area contributed by atoms with Gasteiger partial charge in [-0.15, -0.1) is 0 Å². The second-order valence-electron chi connectivity index (χ2n) is 6.45. The van der Waals surface area contributed by atoms with Crippen molar-refractivity contribution >= 4 is 12.0 Å². The largest absolute Gasteiger partial charge is 0.497 e. The Balaban J connectivity index is 1.60. The zero-order valence-electron chi connectivity index (χ0n) is 15.8. The molecule has 0 bridgehead atoms. The van der Waals surface area contributed by atoms with Crippen LogP contribution in [0.15, 0.2) is 48.5 Å². The van der Waals surface area contributed by atoms with Gasteiger partial charge in [-0.1, -0.05) is 18.2 Å². The van der Waals surface area contributed by atoms with Gasteiger partial charge in [0.1, 0.15) is 5.75 Å². The molecule has 0 saturated heterocycles. The lowest BCUT2D eigenvalue weighted by atomic mass is 10.1. The normalized spacial score (nSPS) is 13.8. The number of methoxy groups -OCH3 is 1. The molecule has 3 rings (SSSR count). The highest BCUT2D eigenvalue weighted by Crippen LogP contribution is 2.32. The summed E-state index contributed by atoms with van der Waals surface area (Å²) in [5.41, 5.74) is 1.96. The molecule has 2 aromatic carbocycles. The second-order valence-corrected chi connectivity index (χ2v) is 6.45. The van der Waals surface area contributed by atoms with E-state index in [0.717, 1.165) is 22.6 Å². The van der Waals surface area contributed by atoms with Gasteiger partial charge >= 0.3 is 0 Å². The molecule has 142 valence electrons. The summed E-state index contributed by atoms with van der Waals surface area (Å²) in [6.45, 7) is 0.726. The average molecular weight is 368 g/mol. The number of benzene rings is 2. The monoisotopic (exact) mass is 368 g/mol. The first-order valence-electron chi connectivity index (χ1n) is 8.73. The highest BCUT2D eigenvalue weighted by atomic mass is 16.7. The van der Waals surface area contributed by atoms with Crippen molar-refractivity contribution in [3.8, 4) is 17.2 Å². The number of likely N-dealkylation sites (N-methyl/N-ethyl adjacent to an activating group) is 1. The zero-order chi connectivity index (χ0) is 19.2. The summed E-state index contributed by atoms with van der Waals surface area (Å²) in [6.07, 6.45) is 3.28. The Morgan fingerprint density at radius 1 is 1.22 bits per heavy atom. The number of fused-ring (bicyclic) bond motifs is 1. The predicted octanol–water partition coefficient (Wildman–Crippen LogP) is 2.86. The highest BCUT2D eigenvalue weighted by Gasteiger charge is 2.16. The maximum Gasteiger partial charge on any atom is 0.244 e. The number of ether oxygens (including phenoxy) is 3. The molecule has 1 atom stereocenters. The van der Waals surface area contributed by atoms with Crippen molar-refractivity contribution in [3.63, 3.8) is 0 Å². The van der Waals surface area contributed by atoms with Crippen molar-refractivity contribution in [2.24, 2.45) is 0 Å². The molecular formula is C21H24N2O4. The Kier molecular flexibility index (Phi) is 5.98. The Bertz CT molecular complexity index is 833. The summed E-state index contributed by atoms with van der Waals surface area (Å²) in [4.78, 5) is 14.3. The summed E-state index contributed by atoms with van der Waals surface area (Å²) in [5, 5.41) is 2.96. The molecule has 1 aliphatic heterocycles. The van der Waals surface area contributed by atoms with E-state index in [0.29, 0.717) is 12.3 Å². The smallest absolute Gasteiger partial charge is 0.244 e. The summed E-state index contributed by atoms with van der Waals surface area (Å²) in [6, 6.07) is 13.5. The van der Waals surface area contributed by atoms with Gasteiger partial charge in [0.15, 0.2) is 11.5 Å². The Morgan fingerprint density at radius 3 is 2.81 bits per heavy atom. The third-order valence-corrected chi connectivity index (χ3v) is 4.40. The van der Waals surface area contributed by atoms with E-state index >= 15 is 0 Å². The molecule has 1 heterocycles. The molecule has 0 aliphatic carbocycles. The van der Waals surface area contributed by atoms with Gasteiger partial charge in [-0.05, 0) is 55.6 Å². The summed E-state index contributed by atoms with van der Waals surface area (Å²) in [5.74, 6) is 2.07. The standard InChI is InChI=1S/C21H24N2O4/c1-23(2)18(16-5-4-6-17(12-16)25-3)13-22-21(24)10-8-15-7-9-19-20(11-15)27-14-26-19/h4-12,18H,13-14H2,1-3H3,(H,22,24)/b10-8-/t18-/m1/s1. The van der Waals surface area contributed by atoms with Gasteiger partial charge in [-0.3, -0.25) is 4.79 Å². The van der Waals surface area contributed by atoms with Gasteiger partial charge in [0.05, 0.1) is 13.2 Å². The third kappa shape index (κ3) is 4.80. The number of nitrogens with zero attached hydrogens (tertiary/aromatic N) is 1. The van der Waals surface area contributed by atoms with E-state index in [1.807, 2.05) is 56.6 Å². The Labute approximate surface area is 159 Å². The van der Waals surface area contributed by atoms with E-state index in [-0.39, 0.29) is 18.7 Å². The maximum atomic E-state index is 12.2. The SMILES string of the molecule is COc1cccc([C@@H](CNC(=O)/C=C\c2ccc3c(c2)OCO3)N(C)C)c1. The lowest BCUT2D eigenvalue weighted by Gasteiger charge is -2.25. The van der Waals surface area contributed by atoms with Crippen molar-refractivity contribution in [1.82, 2.24) is 10.2 Å². The lowest BCUT2D eigenvalue weighted by molar-refractivity contribution is -0.116. The van der Waals surface area contributed by atoms with Crippen LogP contribution in [0.1, 0.15) is 17.2 Å². The van der Waals surface area contributed by atoms with Crippen LogP contribution >= 0.6 is 0 Å². The molecule has 1 amide bonds. The fourth-order valence-corrected chi connectivity index (χ4v) is 2.89. The van der Waals surface area contributed by atoms with E-state index in [1.54, 1.807) is 13.2 Å². The van der Waals surface area contributed by atoms with Crippen LogP contribution in [-0.4, -0.2) is 45.3 Å². The van der Waals surface area contributed by atoms with Crippen molar-refractivity contribution in [1.29, 1.82) is 0 Å². The van der Waals surface area contributed by atoms with E-state index in [2.05, 4.69) is 10.2 Å². The minimum Gasteiger partial charge on any atom is -0.497 e. The summed E-state index contributed by atoms with van der Waals surface area (Å²) >= 11 is 0. The number of nitrogens with one attached hydrogen (secondary N) is 1. The fourth-order valence-electron chi connectivity index (χ4n) is 2.89. The van der Waals surface area contributed by atoms with Gasteiger partial charge in [-0.2, -0.15) is 0 Å². The first-order chi connectivity index (χ1) is 13.1. The van der Waals surface area contributed by atoms with Crippen LogP contribution in [0.3, 0.4) is 0 Å². The van der Waals surface area contributed by atoms with Gasteiger partial charge in [-0.25, -0.2) is 0 Å². The van der Waals surface area contributed by atoms with Crippen LogP contribution in [-0.2, 0) is 4.79 Å². The van der Waals surface area contributed by atoms with E-state index in [9.17, 15) is 4.79 Å². The number of carbonyl (C=O) groups excluding carboxylic acids is 1. The number of amides is 1. The topological polar surface area (TPSA) is 60.0 Å². The molecule has 0 unspecified atom stereocenters. The van der Waals surface area contributed by atoms with Crippen LogP contribution in [0.25, 0.3) is 6.08 Å². The minimum atomic E-state index is -0.151. The number of carbonyl (C=O) groups is 1. The fraction of sp³-hybridized carbons (Fsp3) is 0.286. The van der Waals surface area contributed by atoms with E-state index in [4.69, 9.17) is 14.2 Å². The lowest BCUT2D eigenvalue weighted by Crippen LogP contribution is -2.33. The first-order valence-corrected chi connectivity index (χ1v) is 8.73. The van der Waals surface area contributed by atoms with Crippen LogP contribution in [0.2, 0.25) is 0 Å². The molecule has 0 radical (unpaired) electrons. The number of hydrogen-bond donors (Lipinski definition) is 1. The molecular weight excluding hydrogens is 344 g/mol. The molecule has 0 aromatic heterocycles. The third-order valence-electron chi connectivity index (χ3n) is 4.40. The zero-order valence-corrected chi connectivity index (χ0v) is 15.8. The van der Waals surface area contributed by atoms with Crippen molar-refractivity contribution in [3.05, 3.63) is 59.7 Å². The van der Waals surface area contributed by atoms with Crippen LogP contribution < -0.4 is 19.5 Å². The maximum absolute atomic E-state index is 12.2. The predicted molar refractivity (Wildman–Crippen MR) is 104 cm³/mol. The molecule has 6 heteroatoms. The van der Waals surface area contributed by atoms with Gasteiger partial charge in [0.25, 0.3) is 0 Å². The van der Waals surface area contributed by atoms with Crippen molar-refractivity contribution in [2.75, 3.05) is 34.5 Å². The quantitative estimate of drug-likeness (QED) is 0.762. The summed E-state index contributed by atoms with van der Waals surface area (Å²) in [7, 11) is 5.62. The second kappa shape index (κ2) is 8.60. The van der Waals surface area contributed by atoms with Gasteiger partial charge in [0, 0.05) is 12.6 Å². The van der Waals surface area contributed by atoms with Gasteiger partial charge in [0.2, 0.25) is 12.7 Å². The average Bonchev–Trinajstić information content (AvgIpc) is 3.14. The summed E-state index contributed by atoms with van der Waals surface area (Å²) < 4.78 is 15.9. The van der Waals surface area contributed by atoms with Crippen molar-refractivity contribution < 1.29 is 19.0 Å². The van der Waals surface area contributed by atoms with Gasteiger partial charge < -0.3 is 24.4 Å². The highest BCUT2D eigenvalue weighted by molar-refractivity contribution is 5.91. The number of rotatable bonds is 7. The molecule has 1 aliphatic rings. The van der Waals surface area contributed by atoms with E-state index in [1.165, 1.54) is 6.08 Å². The van der Waals surface area contributed by atoms with Crippen LogP contribution in [0.4, 0.5) is 0 Å². The van der Waals surface area contributed by atoms with E-state index < -0.39 is 0 Å².